The van der Waals surface area contributed by atoms with E-state index in [0.29, 0.717) is 59.2 Å². The van der Waals surface area contributed by atoms with Gasteiger partial charge in [-0.3, -0.25) is 4.90 Å². The molecule has 0 aromatic heterocycles. The van der Waals surface area contributed by atoms with Gasteiger partial charge in [0.05, 0.1) is 13.7 Å². The molecule has 3 aromatic carbocycles. The number of rotatable bonds is 6. The molecule has 2 heterocycles. The van der Waals surface area contributed by atoms with Gasteiger partial charge in [0, 0.05) is 53.9 Å². The van der Waals surface area contributed by atoms with E-state index < -0.39 is 0 Å². The summed E-state index contributed by atoms with van der Waals surface area (Å²) in [5.41, 5.74) is 2.40. The van der Waals surface area contributed by atoms with Crippen molar-refractivity contribution in [3.63, 3.8) is 0 Å². The van der Waals surface area contributed by atoms with Crippen molar-refractivity contribution in [1.82, 2.24) is 14.7 Å². The second kappa shape index (κ2) is 11.3. The smallest absolute Gasteiger partial charge is 0.431 e. The van der Waals surface area contributed by atoms with E-state index >= 15 is 0 Å². The molecule has 38 heavy (non-hydrogen) atoms. The molecule has 5 rings (SSSR count). The quantitative estimate of drug-likeness (QED) is 0.384. The molecular weight excluding hydrogens is 523 g/mol. The number of benzene rings is 3. The van der Waals surface area contributed by atoms with Crippen LogP contribution in [0, 0.1) is 0 Å². The lowest BCUT2D eigenvalue weighted by Crippen LogP contribution is -2.65. The molecule has 1 saturated heterocycles. The minimum Gasteiger partial charge on any atom is -0.496 e. The molecule has 198 valence electrons. The van der Waals surface area contributed by atoms with Gasteiger partial charge in [0.2, 0.25) is 0 Å². The van der Waals surface area contributed by atoms with Crippen LogP contribution in [-0.4, -0.2) is 63.2 Å². The zero-order valence-corrected chi connectivity index (χ0v) is 23.0. The summed E-state index contributed by atoms with van der Waals surface area (Å²) in [6.07, 6.45) is 0. The molecule has 2 atom stereocenters. The lowest BCUT2D eigenvalue weighted by atomic mass is 9.99. The predicted molar refractivity (Wildman–Crippen MR) is 153 cm³/mol. The summed E-state index contributed by atoms with van der Waals surface area (Å²) in [6.45, 7) is 5.42. The second-order valence-corrected chi connectivity index (χ2v) is 10.1. The molecule has 0 radical (unpaired) electrons. The Balaban J connectivity index is 1.81. The number of amidine groups is 1. The van der Waals surface area contributed by atoms with Gasteiger partial charge in [-0.25, -0.2) is 9.79 Å². The maximum Gasteiger partial charge on any atom is 0.431 e. The number of nitrogens with one attached hydrogen (secondary N) is 1. The SMILES string of the molecule is CCOc1cccc(OC)c1C1=NCC(c2ccc(Cl)cc2)[N+]1(C(=O)N1CCNCC1)c1ccc(Cl)cc1. The Hall–Kier alpha value is -3.10. The van der Waals surface area contributed by atoms with Crippen molar-refractivity contribution in [1.29, 1.82) is 0 Å². The summed E-state index contributed by atoms with van der Waals surface area (Å²) in [6, 6.07) is 20.4. The van der Waals surface area contributed by atoms with Gasteiger partial charge in [-0.2, -0.15) is 4.48 Å². The van der Waals surface area contributed by atoms with Crippen LogP contribution in [0.5, 0.6) is 11.5 Å². The number of carbonyl (C=O) groups is 1. The highest BCUT2D eigenvalue weighted by Gasteiger charge is 2.59. The lowest BCUT2D eigenvalue weighted by Gasteiger charge is -2.41. The number of quaternary nitrogens is 1. The number of ether oxygens (including phenoxy) is 2. The number of methoxy groups -OCH3 is 1. The fourth-order valence-corrected chi connectivity index (χ4v) is 5.65. The van der Waals surface area contributed by atoms with Gasteiger partial charge in [-0.05, 0) is 43.3 Å². The normalized spacial score (nSPS) is 21.2. The van der Waals surface area contributed by atoms with Crippen LogP contribution in [-0.2, 0) is 0 Å². The maximum atomic E-state index is 15.0. The summed E-state index contributed by atoms with van der Waals surface area (Å²) >= 11 is 12.6. The molecular formula is C29H31Cl2N4O3+. The van der Waals surface area contributed by atoms with Crippen LogP contribution in [0.25, 0.3) is 0 Å². The van der Waals surface area contributed by atoms with Crippen molar-refractivity contribution in [3.8, 4) is 11.5 Å². The first-order valence-corrected chi connectivity index (χ1v) is 13.5. The summed E-state index contributed by atoms with van der Waals surface area (Å²) < 4.78 is 11.8. The third-order valence-electron chi connectivity index (χ3n) is 7.12. The van der Waals surface area contributed by atoms with Gasteiger partial charge in [0.1, 0.15) is 29.3 Å². The number of amides is 2. The zero-order valence-electron chi connectivity index (χ0n) is 21.5. The van der Waals surface area contributed by atoms with Crippen molar-refractivity contribution in [3.05, 3.63) is 87.9 Å². The van der Waals surface area contributed by atoms with E-state index in [1.165, 1.54) is 0 Å². The first-order chi connectivity index (χ1) is 18.5. The number of hydrogen-bond donors (Lipinski definition) is 1. The molecule has 0 bridgehead atoms. The molecule has 2 unspecified atom stereocenters. The Morgan fingerprint density at radius 2 is 1.63 bits per heavy atom. The summed E-state index contributed by atoms with van der Waals surface area (Å²) in [5, 5.41) is 4.58. The number of urea groups is 1. The lowest BCUT2D eigenvalue weighted by molar-refractivity contribution is 0.161. The van der Waals surface area contributed by atoms with Crippen LogP contribution in [0.1, 0.15) is 24.1 Å². The van der Waals surface area contributed by atoms with E-state index in [9.17, 15) is 4.79 Å². The standard InChI is InChI=1S/C29H31Cl2N4O3/c1-3-38-26-6-4-5-25(37-2)27(26)28-33-19-24(20-7-9-21(30)10-8-20)35(28,23-13-11-22(31)12-14-23)29(36)34-17-15-32-16-18-34/h4-14,24,32H,3,15-19H2,1-2H3/q+1. The van der Waals surface area contributed by atoms with Gasteiger partial charge in [0.25, 0.3) is 5.84 Å². The fourth-order valence-electron chi connectivity index (χ4n) is 5.39. The second-order valence-electron chi connectivity index (χ2n) is 9.22. The van der Waals surface area contributed by atoms with Crippen molar-refractivity contribution in [2.45, 2.75) is 13.0 Å². The van der Waals surface area contributed by atoms with E-state index in [0.717, 1.165) is 24.3 Å². The van der Waals surface area contributed by atoms with Crippen molar-refractivity contribution in [2.75, 3.05) is 46.4 Å². The molecule has 2 amide bonds. The molecule has 2 aliphatic rings. The van der Waals surface area contributed by atoms with Crippen LogP contribution in [0.3, 0.4) is 0 Å². The fraction of sp³-hybridized carbons (Fsp3) is 0.310. The Labute approximate surface area is 233 Å². The molecule has 3 aromatic rings. The minimum absolute atomic E-state index is 0.0571. The number of aliphatic imine (C=N–C) groups is 1. The van der Waals surface area contributed by atoms with Crippen molar-refractivity contribution in [2.24, 2.45) is 4.99 Å². The number of nitrogens with zero attached hydrogens (tertiary/aromatic N) is 3. The van der Waals surface area contributed by atoms with E-state index in [-0.39, 0.29) is 16.6 Å². The first-order valence-electron chi connectivity index (χ1n) is 12.8. The Bertz CT molecular complexity index is 1320. The highest BCUT2D eigenvalue weighted by atomic mass is 35.5. The maximum absolute atomic E-state index is 15.0. The van der Waals surface area contributed by atoms with Gasteiger partial charge >= 0.3 is 6.03 Å². The van der Waals surface area contributed by atoms with Crippen LogP contribution in [0.15, 0.2) is 71.7 Å². The highest BCUT2D eigenvalue weighted by molar-refractivity contribution is 6.31. The Morgan fingerprint density at radius 3 is 2.26 bits per heavy atom. The third kappa shape index (κ3) is 4.64. The van der Waals surface area contributed by atoms with E-state index in [1.54, 1.807) is 7.11 Å². The van der Waals surface area contributed by atoms with Crippen LogP contribution < -0.4 is 19.3 Å². The van der Waals surface area contributed by atoms with Crippen LogP contribution in [0.2, 0.25) is 10.0 Å². The largest absolute Gasteiger partial charge is 0.496 e. The van der Waals surface area contributed by atoms with Crippen LogP contribution in [0.4, 0.5) is 10.5 Å². The van der Waals surface area contributed by atoms with Crippen molar-refractivity contribution < 1.29 is 14.3 Å². The van der Waals surface area contributed by atoms with Gasteiger partial charge in [0.15, 0.2) is 6.04 Å². The average molecular weight is 554 g/mol. The number of hydrogen-bond acceptors (Lipinski definition) is 5. The predicted octanol–water partition coefficient (Wildman–Crippen LogP) is 5.93. The Kier molecular flexibility index (Phi) is 7.91. The number of piperazine rings is 1. The molecule has 1 fully saturated rings. The van der Waals surface area contributed by atoms with Gasteiger partial charge in [-0.1, -0.05) is 41.4 Å². The molecule has 0 aliphatic carbocycles. The molecule has 0 spiro atoms. The molecule has 7 nitrogen and oxygen atoms in total. The third-order valence-corrected chi connectivity index (χ3v) is 7.63. The molecule has 0 saturated carbocycles. The molecule has 9 heteroatoms. The average Bonchev–Trinajstić information content (AvgIpc) is 3.34. The molecule has 1 N–H and O–H groups in total. The monoisotopic (exact) mass is 553 g/mol. The first kappa shape index (κ1) is 26.5. The van der Waals surface area contributed by atoms with E-state index in [2.05, 4.69) is 5.32 Å². The van der Waals surface area contributed by atoms with Crippen molar-refractivity contribution >= 4 is 40.8 Å². The molecule has 2 aliphatic heterocycles. The minimum atomic E-state index is -0.342. The zero-order chi connectivity index (χ0) is 26.7. The number of carbonyl (C=O) groups excluding carboxylic acids is 1. The Morgan fingerprint density at radius 1 is 1.00 bits per heavy atom. The summed E-state index contributed by atoms with van der Waals surface area (Å²) in [5.74, 6) is 1.79. The van der Waals surface area contributed by atoms with Crippen LogP contribution >= 0.6 is 23.2 Å². The summed E-state index contributed by atoms with van der Waals surface area (Å²) in [7, 11) is 1.62. The van der Waals surface area contributed by atoms with Gasteiger partial charge in [-0.15, -0.1) is 0 Å². The number of halogens is 2. The topological polar surface area (TPSA) is 63.2 Å². The summed E-state index contributed by atoms with van der Waals surface area (Å²) in [4.78, 5) is 22.0. The highest BCUT2D eigenvalue weighted by Crippen LogP contribution is 2.47. The van der Waals surface area contributed by atoms with E-state index in [1.807, 2.05) is 78.6 Å². The van der Waals surface area contributed by atoms with Gasteiger partial charge < -0.3 is 14.8 Å². The van der Waals surface area contributed by atoms with E-state index in [4.69, 9.17) is 37.7 Å².